The molecule has 0 spiro atoms. The van der Waals surface area contributed by atoms with Crippen LogP contribution in [0.2, 0.25) is 5.02 Å². The monoisotopic (exact) mass is 402 g/mol. The van der Waals surface area contributed by atoms with Gasteiger partial charge in [-0.2, -0.15) is 18.3 Å². The number of carbonyl (C=O) groups is 1. The number of carbonyl (C=O) groups excluding carboxylic acids is 1. The molecule has 3 heterocycles. The summed E-state index contributed by atoms with van der Waals surface area (Å²) < 4.78 is 46.9. The minimum atomic E-state index is -4.55. The number of nitrogens with zero attached hydrogens (tertiary/aromatic N) is 2. The molecule has 1 saturated carbocycles. The normalized spacial score (nSPS) is 23.1. The third-order valence-corrected chi connectivity index (χ3v) is 5.45. The molecule has 27 heavy (non-hydrogen) atoms. The second kappa shape index (κ2) is 6.78. The van der Waals surface area contributed by atoms with Crippen LogP contribution in [0.25, 0.3) is 0 Å². The van der Waals surface area contributed by atoms with Crippen molar-refractivity contribution in [3.05, 3.63) is 34.9 Å². The van der Waals surface area contributed by atoms with Gasteiger partial charge in [-0.1, -0.05) is 24.4 Å². The Balaban J connectivity index is 1.67. The van der Waals surface area contributed by atoms with Crippen molar-refractivity contribution in [1.29, 1.82) is 0 Å². The zero-order valence-electron chi connectivity index (χ0n) is 14.2. The molecule has 0 saturated heterocycles. The third kappa shape index (κ3) is 3.40. The van der Waals surface area contributed by atoms with Gasteiger partial charge < -0.3 is 15.1 Å². The number of nitrogens with one attached hydrogen (secondary N) is 2. The Hall–Kier alpha value is -2.16. The highest BCUT2D eigenvalue weighted by Crippen LogP contribution is 2.46. The lowest BCUT2D eigenvalue weighted by Crippen LogP contribution is -2.36. The topological polar surface area (TPSA) is 72.1 Å². The first-order valence-corrected chi connectivity index (χ1v) is 9.18. The summed E-state index contributed by atoms with van der Waals surface area (Å²) >= 11 is 6.26. The van der Waals surface area contributed by atoms with Crippen molar-refractivity contribution in [2.24, 2.45) is 0 Å². The van der Waals surface area contributed by atoms with Crippen molar-refractivity contribution in [3.63, 3.8) is 0 Å². The molecule has 2 aliphatic rings. The quantitative estimate of drug-likeness (QED) is 0.795. The Morgan fingerprint density at radius 2 is 2.11 bits per heavy atom. The molecule has 4 rings (SSSR count). The molecule has 2 N–H and O–H groups in total. The molecule has 1 amide bonds. The van der Waals surface area contributed by atoms with E-state index in [1.165, 1.54) is 6.26 Å². The largest absolute Gasteiger partial charge is 0.467 e. The number of furan rings is 1. The second-order valence-electron chi connectivity index (χ2n) is 6.92. The molecule has 1 aliphatic carbocycles. The van der Waals surface area contributed by atoms with Crippen molar-refractivity contribution in [2.45, 2.75) is 56.4 Å². The highest BCUT2D eigenvalue weighted by atomic mass is 35.5. The highest BCUT2D eigenvalue weighted by Gasteiger charge is 2.48. The van der Waals surface area contributed by atoms with Crippen LogP contribution in [-0.2, 0) is 0 Å². The van der Waals surface area contributed by atoms with E-state index < -0.39 is 24.2 Å². The first kappa shape index (κ1) is 18.2. The molecule has 146 valence electrons. The lowest BCUT2D eigenvalue weighted by Gasteiger charge is -2.32. The Labute approximate surface area is 158 Å². The summed E-state index contributed by atoms with van der Waals surface area (Å²) in [5.74, 6) is -0.209. The number of fused-ring (bicyclic) bond motifs is 1. The molecule has 0 aromatic carbocycles. The minimum Gasteiger partial charge on any atom is -0.467 e. The molecule has 1 fully saturated rings. The van der Waals surface area contributed by atoms with E-state index in [0.717, 1.165) is 30.4 Å². The van der Waals surface area contributed by atoms with Crippen LogP contribution in [-0.4, -0.2) is 27.9 Å². The number of aromatic nitrogens is 2. The van der Waals surface area contributed by atoms with Gasteiger partial charge in [0.2, 0.25) is 0 Å². The SMILES string of the molecule is O=C(NC1CCCC1)c1nn2c(c1Cl)N[C@@H](c1ccco1)C[C@@H]2C(F)(F)F. The number of rotatable bonds is 3. The maximum Gasteiger partial charge on any atom is 0.410 e. The standard InChI is InChI=1S/C17H18ClF3N4O2/c18-13-14(16(26)22-9-4-1-2-5-9)24-25-12(17(19,20)21)8-10(23-15(13)25)11-6-3-7-27-11/h3,6-7,9-10,12,23H,1-2,4-5,8H2,(H,22,26)/t10-,12-/m1/s1. The van der Waals surface area contributed by atoms with Crippen LogP contribution in [0.5, 0.6) is 0 Å². The Bertz CT molecular complexity index is 828. The van der Waals surface area contributed by atoms with E-state index in [2.05, 4.69) is 15.7 Å². The zero-order chi connectivity index (χ0) is 19.2. The Kier molecular flexibility index (Phi) is 4.57. The molecule has 0 bridgehead atoms. The number of hydrogen-bond donors (Lipinski definition) is 2. The second-order valence-corrected chi connectivity index (χ2v) is 7.29. The van der Waals surface area contributed by atoms with E-state index in [9.17, 15) is 18.0 Å². The van der Waals surface area contributed by atoms with Crippen LogP contribution >= 0.6 is 11.6 Å². The summed E-state index contributed by atoms with van der Waals surface area (Å²) in [6.45, 7) is 0. The summed E-state index contributed by atoms with van der Waals surface area (Å²) in [6, 6.07) is 0.578. The number of amides is 1. The molecular formula is C17H18ClF3N4O2. The van der Waals surface area contributed by atoms with E-state index in [1.54, 1.807) is 12.1 Å². The minimum absolute atomic E-state index is 0.00883. The Morgan fingerprint density at radius 3 is 2.74 bits per heavy atom. The average molecular weight is 403 g/mol. The average Bonchev–Trinajstić information content (AvgIpc) is 3.35. The number of alkyl halides is 3. The zero-order valence-corrected chi connectivity index (χ0v) is 15.0. The van der Waals surface area contributed by atoms with E-state index in [-0.39, 0.29) is 29.0 Å². The molecule has 2 atom stereocenters. The lowest BCUT2D eigenvalue weighted by atomic mass is 10.0. The van der Waals surface area contributed by atoms with Crippen LogP contribution in [0.4, 0.5) is 19.0 Å². The van der Waals surface area contributed by atoms with Gasteiger partial charge in [-0.15, -0.1) is 0 Å². The summed E-state index contributed by atoms with van der Waals surface area (Å²) in [5.41, 5.74) is -0.194. The molecule has 6 nitrogen and oxygen atoms in total. The van der Waals surface area contributed by atoms with Crippen LogP contribution in [0.1, 0.15) is 60.4 Å². The lowest BCUT2D eigenvalue weighted by molar-refractivity contribution is -0.174. The first-order valence-electron chi connectivity index (χ1n) is 8.80. The smallest absolute Gasteiger partial charge is 0.410 e. The molecule has 0 radical (unpaired) electrons. The van der Waals surface area contributed by atoms with Crippen molar-refractivity contribution >= 4 is 23.3 Å². The van der Waals surface area contributed by atoms with Crippen LogP contribution in [0, 0.1) is 0 Å². The summed E-state index contributed by atoms with van der Waals surface area (Å²) in [4.78, 5) is 12.5. The van der Waals surface area contributed by atoms with E-state index in [4.69, 9.17) is 16.0 Å². The van der Waals surface area contributed by atoms with Crippen molar-refractivity contribution < 1.29 is 22.4 Å². The molecule has 10 heteroatoms. The summed E-state index contributed by atoms with van der Waals surface area (Å²) in [5, 5.41) is 9.54. The van der Waals surface area contributed by atoms with Crippen LogP contribution < -0.4 is 10.6 Å². The van der Waals surface area contributed by atoms with E-state index in [0.29, 0.717) is 5.76 Å². The van der Waals surface area contributed by atoms with E-state index >= 15 is 0 Å². The van der Waals surface area contributed by atoms with Gasteiger partial charge in [0.25, 0.3) is 5.91 Å². The fourth-order valence-corrected chi connectivity index (χ4v) is 4.00. The van der Waals surface area contributed by atoms with Crippen molar-refractivity contribution in [3.8, 4) is 0 Å². The van der Waals surface area contributed by atoms with Crippen LogP contribution in [0.15, 0.2) is 22.8 Å². The van der Waals surface area contributed by atoms with Gasteiger partial charge in [0.15, 0.2) is 11.7 Å². The number of anilines is 1. The fourth-order valence-electron chi connectivity index (χ4n) is 3.73. The Morgan fingerprint density at radius 1 is 1.37 bits per heavy atom. The molecule has 0 unspecified atom stereocenters. The van der Waals surface area contributed by atoms with Crippen molar-refractivity contribution in [1.82, 2.24) is 15.1 Å². The van der Waals surface area contributed by atoms with Gasteiger partial charge in [0.1, 0.15) is 16.6 Å². The van der Waals surface area contributed by atoms with Gasteiger partial charge >= 0.3 is 6.18 Å². The first-order chi connectivity index (χ1) is 12.8. The fraction of sp³-hybridized carbons (Fsp3) is 0.529. The maximum atomic E-state index is 13.6. The molecule has 2 aromatic rings. The maximum absolute atomic E-state index is 13.6. The van der Waals surface area contributed by atoms with Crippen molar-refractivity contribution in [2.75, 3.05) is 5.32 Å². The number of halogens is 4. The van der Waals surface area contributed by atoms with Gasteiger partial charge in [-0.25, -0.2) is 4.68 Å². The molecular weight excluding hydrogens is 385 g/mol. The summed E-state index contributed by atoms with van der Waals surface area (Å²) in [7, 11) is 0. The van der Waals surface area contributed by atoms with Crippen LogP contribution in [0.3, 0.4) is 0 Å². The predicted molar refractivity (Wildman–Crippen MR) is 91.7 cm³/mol. The van der Waals surface area contributed by atoms with Gasteiger partial charge in [-0.3, -0.25) is 4.79 Å². The van der Waals surface area contributed by atoms with Gasteiger partial charge in [0, 0.05) is 12.5 Å². The number of hydrogen-bond acceptors (Lipinski definition) is 4. The molecule has 1 aliphatic heterocycles. The highest BCUT2D eigenvalue weighted by molar-refractivity contribution is 6.36. The summed E-state index contributed by atoms with van der Waals surface area (Å²) in [6.07, 6.45) is 0.263. The predicted octanol–water partition coefficient (Wildman–Crippen LogP) is 4.46. The van der Waals surface area contributed by atoms with Gasteiger partial charge in [-0.05, 0) is 25.0 Å². The van der Waals surface area contributed by atoms with Gasteiger partial charge in [0.05, 0.1) is 12.3 Å². The molecule has 2 aromatic heterocycles. The third-order valence-electron chi connectivity index (χ3n) is 5.09. The van der Waals surface area contributed by atoms with E-state index in [1.807, 2.05) is 0 Å².